The van der Waals surface area contributed by atoms with Crippen LogP contribution in [0.15, 0.2) is 66.7 Å². The summed E-state index contributed by atoms with van der Waals surface area (Å²) in [5.74, 6) is -0.0178. The van der Waals surface area contributed by atoms with E-state index in [0.717, 1.165) is 22.2 Å². The van der Waals surface area contributed by atoms with Crippen LogP contribution < -0.4 is 11.1 Å². The number of hydrogen-bond acceptors (Lipinski definition) is 2. The van der Waals surface area contributed by atoms with Gasteiger partial charge in [0.25, 0.3) is 0 Å². The Morgan fingerprint density at radius 2 is 1.55 bits per heavy atom. The molecule has 0 bridgehead atoms. The maximum absolute atomic E-state index is 12.1. The lowest BCUT2D eigenvalue weighted by molar-refractivity contribution is -0.115. The van der Waals surface area contributed by atoms with Crippen molar-refractivity contribution in [2.24, 2.45) is 5.73 Å². The number of rotatable bonds is 4. The number of carbonyl (C=O) groups is 1. The van der Waals surface area contributed by atoms with E-state index in [1.165, 1.54) is 5.39 Å². The number of fused-ring (bicyclic) bond motifs is 1. The molecular formula is C19H18N2O. The van der Waals surface area contributed by atoms with Crippen molar-refractivity contribution in [3.63, 3.8) is 0 Å². The lowest BCUT2D eigenvalue weighted by Crippen LogP contribution is -2.14. The van der Waals surface area contributed by atoms with E-state index in [4.69, 9.17) is 5.73 Å². The topological polar surface area (TPSA) is 55.1 Å². The van der Waals surface area contributed by atoms with Crippen molar-refractivity contribution >= 4 is 22.4 Å². The number of nitrogens with one attached hydrogen (secondary N) is 1. The largest absolute Gasteiger partial charge is 0.326 e. The number of nitrogens with two attached hydrogens (primary N) is 1. The fourth-order valence-corrected chi connectivity index (χ4v) is 2.46. The van der Waals surface area contributed by atoms with Crippen molar-refractivity contribution in [2.75, 3.05) is 5.32 Å². The third-order valence-electron chi connectivity index (χ3n) is 3.65. The molecule has 0 saturated heterocycles. The Morgan fingerprint density at radius 1 is 0.864 bits per heavy atom. The summed E-state index contributed by atoms with van der Waals surface area (Å²) in [6, 6.07) is 21.9. The molecule has 3 aromatic carbocycles. The smallest absolute Gasteiger partial charge is 0.228 e. The minimum Gasteiger partial charge on any atom is -0.326 e. The van der Waals surface area contributed by atoms with Crippen LogP contribution in [0.1, 0.15) is 11.1 Å². The second-order valence-corrected chi connectivity index (χ2v) is 5.31. The third kappa shape index (κ3) is 3.32. The van der Waals surface area contributed by atoms with E-state index in [1.807, 2.05) is 48.5 Å². The van der Waals surface area contributed by atoms with Gasteiger partial charge < -0.3 is 11.1 Å². The zero-order valence-corrected chi connectivity index (χ0v) is 12.3. The molecular weight excluding hydrogens is 272 g/mol. The molecule has 22 heavy (non-hydrogen) atoms. The lowest BCUT2D eigenvalue weighted by Gasteiger charge is -2.07. The molecule has 3 nitrogen and oxygen atoms in total. The molecule has 3 rings (SSSR count). The number of benzene rings is 3. The van der Waals surface area contributed by atoms with Crippen molar-refractivity contribution in [1.82, 2.24) is 0 Å². The summed E-state index contributed by atoms with van der Waals surface area (Å²) >= 11 is 0. The van der Waals surface area contributed by atoms with Gasteiger partial charge in [0, 0.05) is 12.2 Å². The van der Waals surface area contributed by atoms with E-state index in [2.05, 4.69) is 23.5 Å². The van der Waals surface area contributed by atoms with Crippen LogP contribution in [-0.2, 0) is 17.8 Å². The Labute approximate surface area is 129 Å². The molecule has 0 aliphatic heterocycles. The highest BCUT2D eigenvalue weighted by molar-refractivity contribution is 5.93. The lowest BCUT2D eigenvalue weighted by atomic mass is 10.0. The van der Waals surface area contributed by atoms with Gasteiger partial charge in [-0.1, -0.05) is 54.6 Å². The van der Waals surface area contributed by atoms with Crippen molar-refractivity contribution in [3.05, 3.63) is 77.9 Å². The minimum atomic E-state index is -0.0178. The second kappa shape index (κ2) is 6.41. The summed E-state index contributed by atoms with van der Waals surface area (Å²) in [6.07, 6.45) is 0.365. The summed E-state index contributed by atoms with van der Waals surface area (Å²) in [4.78, 5) is 12.1. The molecule has 3 heteroatoms. The molecule has 3 N–H and O–H groups in total. The van der Waals surface area contributed by atoms with Crippen LogP contribution in [0.4, 0.5) is 5.69 Å². The molecule has 0 atom stereocenters. The summed E-state index contributed by atoms with van der Waals surface area (Å²) in [7, 11) is 0. The summed E-state index contributed by atoms with van der Waals surface area (Å²) < 4.78 is 0. The van der Waals surface area contributed by atoms with E-state index in [9.17, 15) is 4.79 Å². The van der Waals surface area contributed by atoms with E-state index >= 15 is 0 Å². The van der Waals surface area contributed by atoms with E-state index < -0.39 is 0 Å². The average Bonchev–Trinajstić information content (AvgIpc) is 2.55. The average molecular weight is 290 g/mol. The van der Waals surface area contributed by atoms with Crippen molar-refractivity contribution < 1.29 is 4.79 Å². The Kier molecular flexibility index (Phi) is 4.17. The Hall–Kier alpha value is -2.65. The molecule has 0 unspecified atom stereocenters. The molecule has 0 saturated carbocycles. The molecule has 0 aliphatic rings. The van der Waals surface area contributed by atoms with Crippen LogP contribution in [0, 0.1) is 0 Å². The summed E-state index contributed by atoms with van der Waals surface area (Å²) in [6.45, 7) is 0.505. The number of anilines is 1. The zero-order valence-electron chi connectivity index (χ0n) is 12.3. The molecule has 3 aromatic rings. The minimum absolute atomic E-state index is 0.0178. The first kappa shape index (κ1) is 14.3. The van der Waals surface area contributed by atoms with Gasteiger partial charge in [-0.15, -0.1) is 0 Å². The first-order valence-corrected chi connectivity index (χ1v) is 7.31. The number of amides is 1. The van der Waals surface area contributed by atoms with Crippen molar-refractivity contribution in [3.8, 4) is 0 Å². The van der Waals surface area contributed by atoms with E-state index in [0.29, 0.717) is 13.0 Å². The molecule has 0 aromatic heterocycles. The number of carbonyl (C=O) groups excluding carboxylic acids is 1. The predicted molar refractivity (Wildman–Crippen MR) is 90.6 cm³/mol. The molecule has 0 spiro atoms. The SMILES string of the molecule is NCc1ccc(NC(=O)Cc2ccc3ccccc3c2)cc1. The maximum atomic E-state index is 12.1. The standard InChI is InChI=1S/C19H18N2O/c20-13-14-6-9-18(10-7-14)21-19(22)12-15-5-8-16-3-1-2-4-17(16)11-15/h1-11H,12-13,20H2,(H,21,22). The fourth-order valence-electron chi connectivity index (χ4n) is 2.46. The highest BCUT2D eigenvalue weighted by atomic mass is 16.1. The van der Waals surface area contributed by atoms with Gasteiger partial charge in [-0.3, -0.25) is 4.79 Å². The molecule has 0 fully saturated rings. The quantitative estimate of drug-likeness (QED) is 0.773. The molecule has 110 valence electrons. The normalized spacial score (nSPS) is 10.6. The predicted octanol–water partition coefficient (Wildman–Crippen LogP) is 3.48. The van der Waals surface area contributed by atoms with Crippen LogP contribution >= 0.6 is 0 Å². The van der Waals surface area contributed by atoms with Gasteiger partial charge in [-0.05, 0) is 34.0 Å². The Balaban J connectivity index is 1.69. The fraction of sp³-hybridized carbons (Fsp3) is 0.105. The molecule has 0 radical (unpaired) electrons. The van der Waals surface area contributed by atoms with Crippen LogP contribution in [0.5, 0.6) is 0 Å². The highest BCUT2D eigenvalue weighted by Crippen LogP contribution is 2.16. The number of hydrogen-bond donors (Lipinski definition) is 2. The third-order valence-corrected chi connectivity index (χ3v) is 3.65. The monoisotopic (exact) mass is 290 g/mol. The van der Waals surface area contributed by atoms with Gasteiger partial charge in [0.05, 0.1) is 6.42 Å². The summed E-state index contributed by atoms with van der Waals surface area (Å²) in [5.41, 5.74) is 8.41. The molecule has 1 amide bonds. The Morgan fingerprint density at radius 3 is 2.27 bits per heavy atom. The Bertz CT molecular complexity index is 794. The van der Waals surface area contributed by atoms with Crippen LogP contribution in [0.3, 0.4) is 0 Å². The van der Waals surface area contributed by atoms with Crippen LogP contribution in [0.2, 0.25) is 0 Å². The highest BCUT2D eigenvalue weighted by Gasteiger charge is 2.05. The zero-order chi connectivity index (χ0) is 15.4. The van der Waals surface area contributed by atoms with Crippen molar-refractivity contribution in [1.29, 1.82) is 0 Å². The first-order valence-electron chi connectivity index (χ1n) is 7.31. The summed E-state index contributed by atoms with van der Waals surface area (Å²) in [5, 5.41) is 5.25. The van der Waals surface area contributed by atoms with Gasteiger partial charge >= 0.3 is 0 Å². The van der Waals surface area contributed by atoms with Gasteiger partial charge in [0.15, 0.2) is 0 Å². The van der Waals surface area contributed by atoms with E-state index in [1.54, 1.807) is 0 Å². The first-order chi connectivity index (χ1) is 10.7. The van der Waals surface area contributed by atoms with Gasteiger partial charge in [0.2, 0.25) is 5.91 Å². The molecule has 0 heterocycles. The maximum Gasteiger partial charge on any atom is 0.228 e. The van der Waals surface area contributed by atoms with Crippen LogP contribution in [0.25, 0.3) is 10.8 Å². The second-order valence-electron chi connectivity index (χ2n) is 5.31. The van der Waals surface area contributed by atoms with E-state index in [-0.39, 0.29) is 5.91 Å². The molecule has 0 aliphatic carbocycles. The van der Waals surface area contributed by atoms with Crippen LogP contribution in [-0.4, -0.2) is 5.91 Å². The van der Waals surface area contributed by atoms with Gasteiger partial charge in [-0.2, -0.15) is 0 Å². The van der Waals surface area contributed by atoms with Crippen molar-refractivity contribution in [2.45, 2.75) is 13.0 Å². The van der Waals surface area contributed by atoms with Gasteiger partial charge in [0.1, 0.15) is 0 Å². The van der Waals surface area contributed by atoms with Gasteiger partial charge in [-0.25, -0.2) is 0 Å².